The highest BCUT2D eigenvalue weighted by Crippen LogP contribution is 2.32. The minimum atomic E-state index is -0.476. The second kappa shape index (κ2) is 5.84. The van der Waals surface area contributed by atoms with Crippen molar-refractivity contribution in [3.63, 3.8) is 0 Å². The minimum Gasteiger partial charge on any atom is -0.387 e. The molecule has 3 heteroatoms. The van der Waals surface area contributed by atoms with Crippen LogP contribution in [0.5, 0.6) is 0 Å². The summed E-state index contributed by atoms with van der Waals surface area (Å²) in [6, 6.07) is 18.5. The number of benzene rings is 2. The number of aliphatic hydroxyl groups is 1. The predicted octanol–water partition coefficient (Wildman–Crippen LogP) is 3.36. The van der Waals surface area contributed by atoms with Gasteiger partial charge in [-0.1, -0.05) is 48.5 Å². The molecular formula is C20H22N2O. The third-order valence-electron chi connectivity index (χ3n) is 4.89. The van der Waals surface area contributed by atoms with Crippen molar-refractivity contribution in [3.05, 3.63) is 71.4 Å². The van der Waals surface area contributed by atoms with Gasteiger partial charge >= 0.3 is 0 Å². The highest BCUT2D eigenvalue weighted by atomic mass is 16.3. The van der Waals surface area contributed by atoms with Gasteiger partial charge in [-0.2, -0.15) is 0 Å². The number of likely N-dealkylation sites (N-methyl/N-ethyl adjacent to an activating group) is 1. The van der Waals surface area contributed by atoms with Crippen LogP contribution in [-0.4, -0.2) is 28.2 Å². The normalized spacial score (nSPS) is 16.4. The topological polar surface area (TPSA) is 28.4 Å². The molecule has 0 saturated heterocycles. The standard InChI is InChI=1S/C20H22N2O/c1-21-12-11-19-17(13-21)16-9-5-6-10-18(16)22(19)14-20(23)15-7-3-2-4-8-15/h2-10,20,23H,11-14H2,1H3. The molecule has 0 radical (unpaired) electrons. The molecule has 3 aromatic rings. The third kappa shape index (κ3) is 2.56. The first-order valence-electron chi connectivity index (χ1n) is 8.24. The van der Waals surface area contributed by atoms with Gasteiger partial charge in [0, 0.05) is 36.1 Å². The van der Waals surface area contributed by atoms with Crippen LogP contribution in [0, 0.1) is 0 Å². The van der Waals surface area contributed by atoms with Crippen molar-refractivity contribution in [3.8, 4) is 0 Å². The van der Waals surface area contributed by atoms with E-state index in [2.05, 4.69) is 40.8 Å². The van der Waals surface area contributed by atoms with E-state index in [1.807, 2.05) is 30.3 Å². The van der Waals surface area contributed by atoms with Crippen molar-refractivity contribution in [2.24, 2.45) is 0 Å². The second-order valence-electron chi connectivity index (χ2n) is 6.47. The van der Waals surface area contributed by atoms with E-state index < -0.39 is 6.10 Å². The number of rotatable bonds is 3. The van der Waals surface area contributed by atoms with E-state index in [0.29, 0.717) is 6.54 Å². The molecule has 0 amide bonds. The third-order valence-corrected chi connectivity index (χ3v) is 4.89. The zero-order chi connectivity index (χ0) is 15.8. The van der Waals surface area contributed by atoms with Gasteiger partial charge in [-0.15, -0.1) is 0 Å². The lowest BCUT2D eigenvalue weighted by Crippen LogP contribution is -2.27. The summed E-state index contributed by atoms with van der Waals surface area (Å²) in [5.74, 6) is 0. The number of para-hydroxylation sites is 1. The van der Waals surface area contributed by atoms with Gasteiger partial charge in [0.25, 0.3) is 0 Å². The number of hydrogen-bond acceptors (Lipinski definition) is 2. The Hall–Kier alpha value is -2.10. The first-order valence-corrected chi connectivity index (χ1v) is 8.24. The van der Waals surface area contributed by atoms with E-state index in [-0.39, 0.29) is 0 Å². The maximum absolute atomic E-state index is 10.7. The van der Waals surface area contributed by atoms with Crippen LogP contribution in [-0.2, 0) is 19.5 Å². The van der Waals surface area contributed by atoms with Gasteiger partial charge in [0.05, 0.1) is 12.6 Å². The van der Waals surface area contributed by atoms with Crippen LogP contribution in [0.1, 0.15) is 22.9 Å². The molecule has 1 aliphatic heterocycles. The van der Waals surface area contributed by atoms with Crippen molar-refractivity contribution in [2.45, 2.75) is 25.6 Å². The molecule has 1 aliphatic rings. The fourth-order valence-corrected chi connectivity index (χ4v) is 3.70. The molecule has 0 fully saturated rings. The molecule has 3 nitrogen and oxygen atoms in total. The van der Waals surface area contributed by atoms with Crippen LogP contribution in [0.2, 0.25) is 0 Å². The summed E-state index contributed by atoms with van der Waals surface area (Å²) < 4.78 is 2.33. The monoisotopic (exact) mass is 306 g/mol. The molecule has 1 unspecified atom stereocenters. The van der Waals surface area contributed by atoms with Crippen LogP contribution in [0.4, 0.5) is 0 Å². The van der Waals surface area contributed by atoms with E-state index in [9.17, 15) is 5.11 Å². The minimum absolute atomic E-state index is 0.476. The Balaban J connectivity index is 1.78. The predicted molar refractivity (Wildman–Crippen MR) is 93.4 cm³/mol. The lowest BCUT2D eigenvalue weighted by Gasteiger charge is -2.25. The van der Waals surface area contributed by atoms with E-state index >= 15 is 0 Å². The summed E-state index contributed by atoms with van der Waals surface area (Å²) in [7, 11) is 2.17. The van der Waals surface area contributed by atoms with Crippen LogP contribution in [0.15, 0.2) is 54.6 Å². The van der Waals surface area contributed by atoms with Gasteiger partial charge in [-0.05, 0) is 24.2 Å². The maximum atomic E-state index is 10.7. The van der Waals surface area contributed by atoms with Crippen molar-refractivity contribution in [1.82, 2.24) is 9.47 Å². The molecule has 4 rings (SSSR count). The molecule has 1 aromatic heterocycles. The second-order valence-corrected chi connectivity index (χ2v) is 6.47. The Morgan fingerprint density at radius 1 is 1.04 bits per heavy atom. The Labute approximate surface area is 136 Å². The van der Waals surface area contributed by atoms with Crippen LogP contribution in [0.3, 0.4) is 0 Å². The van der Waals surface area contributed by atoms with Gasteiger partial charge < -0.3 is 14.6 Å². The fraction of sp³-hybridized carbons (Fsp3) is 0.300. The highest BCUT2D eigenvalue weighted by molar-refractivity contribution is 5.85. The van der Waals surface area contributed by atoms with Gasteiger partial charge in [0.1, 0.15) is 0 Å². The van der Waals surface area contributed by atoms with Crippen LogP contribution >= 0.6 is 0 Å². The molecule has 0 saturated carbocycles. The van der Waals surface area contributed by atoms with Gasteiger partial charge in [0.2, 0.25) is 0 Å². The Kier molecular flexibility index (Phi) is 3.68. The maximum Gasteiger partial charge on any atom is 0.0969 e. The number of aromatic nitrogens is 1. The lowest BCUT2D eigenvalue weighted by atomic mass is 10.0. The van der Waals surface area contributed by atoms with Crippen molar-refractivity contribution >= 4 is 10.9 Å². The molecule has 23 heavy (non-hydrogen) atoms. The van der Waals surface area contributed by atoms with Crippen LogP contribution in [0.25, 0.3) is 10.9 Å². The van der Waals surface area contributed by atoms with Crippen LogP contribution < -0.4 is 0 Å². The average molecular weight is 306 g/mol. The van der Waals surface area contributed by atoms with E-state index in [0.717, 1.165) is 25.1 Å². The lowest BCUT2D eigenvalue weighted by molar-refractivity contribution is 0.156. The van der Waals surface area contributed by atoms with Gasteiger partial charge in [0.15, 0.2) is 0 Å². The average Bonchev–Trinajstić information content (AvgIpc) is 2.89. The summed E-state index contributed by atoms with van der Waals surface area (Å²) in [5.41, 5.74) is 5.03. The largest absolute Gasteiger partial charge is 0.387 e. The zero-order valence-electron chi connectivity index (χ0n) is 13.4. The summed E-state index contributed by atoms with van der Waals surface area (Å²) in [6.45, 7) is 2.68. The summed E-state index contributed by atoms with van der Waals surface area (Å²) in [4.78, 5) is 2.37. The number of fused-ring (bicyclic) bond motifs is 3. The molecule has 0 spiro atoms. The zero-order valence-corrected chi connectivity index (χ0v) is 13.4. The molecule has 0 aliphatic carbocycles. The Morgan fingerprint density at radius 2 is 1.78 bits per heavy atom. The molecule has 2 aromatic carbocycles. The summed E-state index contributed by atoms with van der Waals surface area (Å²) in [5, 5.41) is 12.0. The fourth-order valence-electron chi connectivity index (χ4n) is 3.70. The van der Waals surface area contributed by atoms with Crippen molar-refractivity contribution in [2.75, 3.05) is 13.6 Å². The molecule has 2 heterocycles. The van der Waals surface area contributed by atoms with Gasteiger partial charge in [-0.3, -0.25) is 0 Å². The van der Waals surface area contributed by atoms with Crippen molar-refractivity contribution in [1.29, 1.82) is 0 Å². The number of nitrogens with zero attached hydrogens (tertiary/aromatic N) is 2. The molecule has 1 N–H and O–H groups in total. The number of aliphatic hydroxyl groups excluding tert-OH is 1. The van der Waals surface area contributed by atoms with E-state index in [1.165, 1.54) is 22.2 Å². The quantitative estimate of drug-likeness (QED) is 0.804. The SMILES string of the molecule is CN1CCc2c(c3ccccc3n2CC(O)c2ccccc2)C1. The number of hydrogen-bond donors (Lipinski definition) is 1. The smallest absolute Gasteiger partial charge is 0.0969 e. The van der Waals surface area contributed by atoms with Crippen molar-refractivity contribution < 1.29 is 5.11 Å². The summed E-state index contributed by atoms with van der Waals surface area (Å²) in [6.07, 6.45) is 0.568. The summed E-state index contributed by atoms with van der Waals surface area (Å²) >= 11 is 0. The first-order chi connectivity index (χ1) is 11.2. The van der Waals surface area contributed by atoms with E-state index in [1.54, 1.807) is 0 Å². The molecule has 118 valence electrons. The highest BCUT2D eigenvalue weighted by Gasteiger charge is 2.23. The molecule has 0 bridgehead atoms. The molecule has 1 atom stereocenters. The molecular weight excluding hydrogens is 284 g/mol. The first kappa shape index (κ1) is 14.5. The Bertz CT molecular complexity index is 822. The van der Waals surface area contributed by atoms with Gasteiger partial charge in [-0.25, -0.2) is 0 Å². The Morgan fingerprint density at radius 3 is 2.61 bits per heavy atom. The van der Waals surface area contributed by atoms with E-state index in [4.69, 9.17) is 0 Å².